The molecule has 1 unspecified atom stereocenters. The van der Waals surface area contributed by atoms with Gasteiger partial charge in [-0.2, -0.15) is 0 Å². The maximum absolute atomic E-state index is 14.6. The lowest BCUT2D eigenvalue weighted by Gasteiger charge is -2.35. The first kappa shape index (κ1) is 40.8. The Morgan fingerprint density at radius 2 is 1.78 bits per heavy atom. The van der Waals surface area contributed by atoms with E-state index in [1.165, 1.54) is 4.90 Å². The Kier molecular flexibility index (Phi) is 11.5. The molecular weight excluding hydrogens is 729 g/mol. The highest BCUT2D eigenvalue weighted by Gasteiger charge is 2.62. The van der Waals surface area contributed by atoms with Crippen LogP contribution in [0.5, 0.6) is 5.75 Å². The van der Waals surface area contributed by atoms with Crippen LogP contribution in [0.25, 0.3) is 0 Å². The minimum Gasteiger partial charge on any atom is -0.493 e. The first-order valence-electron chi connectivity index (χ1n) is 19.9. The number of amides is 4. The molecule has 55 heavy (non-hydrogen) atoms. The third-order valence-corrected chi connectivity index (χ3v) is 13.8. The number of nitrogens with zero attached hydrogens (tertiary/aromatic N) is 2. The Balaban J connectivity index is 1.27. The van der Waals surface area contributed by atoms with Crippen molar-refractivity contribution in [1.29, 1.82) is 0 Å². The topological polar surface area (TPSA) is 178 Å². The van der Waals surface area contributed by atoms with Gasteiger partial charge in [0.1, 0.15) is 17.9 Å². The number of ether oxygens (including phenoxy) is 3. The standard InChI is InChI=1S/C40H58N4O10S/c1-7-26-19-40(26,35(47)42-55(50,51)28-14-15-28)20-31(45)30-18-27-22-44(30)34(46)33(38(2,3)4)41-36(48)53-24-39(5,6)16-9-8-10-17-52-32-13-11-12-25-21-43(23-29(25)32)37(49)54-27/h11-13,26-28,30,33H,7-10,14-24H2,1-6H3,(H,41,48)(H,42,47)/t26-,27+,30?,33+,40-/m0/s1. The average Bonchev–Trinajstić information content (AvgIpc) is 4.00. The van der Waals surface area contributed by atoms with Gasteiger partial charge in [-0.3, -0.25) is 24.0 Å². The van der Waals surface area contributed by atoms with Crippen LogP contribution in [-0.2, 0) is 47.0 Å². The lowest BCUT2D eigenvalue weighted by Crippen LogP contribution is -2.57. The van der Waals surface area contributed by atoms with Crippen molar-refractivity contribution in [3.8, 4) is 5.75 Å². The zero-order chi connectivity index (χ0) is 39.9. The maximum Gasteiger partial charge on any atom is 0.410 e. The molecular formula is C40H58N4O10S. The number of Topliss-reactive ketones (excluding diaryl/α,β-unsaturated/α-hetero) is 1. The highest BCUT2D eigenvalue weighted by molar-refractivity contribution is 7.90. The number of ketones is 1. The number of benzene rings is 1. The van der Waals surface area contributed by atoms with Crippen LogP contribution in [0.4, 0.5) is 9.59 Å². The Morgan fingerprint density at radius 3 is 2.45 bits per heavy atom. The molecule has 6 rings (SSSR count). The smallest absolute Gasteiger partial charge is 0.410 e. The third kappa shape index (κ3) is 9.23. The lowest BCUT2D eigenvalue weighted by molar-refractivity contribution is -0.142. The van der Waals surface area contributed by atoms with E-state index in [1.807, 2.05) is 39.0 Å². The largest absolute Gasteiger partial charge is 0.493 e. The molecule has 2 aliphatic carbocycles. The lowest BCUT2D eigenvalue weighted by atomic mass is 9.85. The van der Waals surface area contributed by atoms with E-state index in [0.717, 1.165) is 42.6 Å². The minimum atomic E-state index is -3.85. The van der Waals surface area contributed by atoms with E-state index in [9.17, 15) is 32.4 Å². The summed E-state index contributed by atoms with van der Waals surface area (Å²) in [5, 5.41) is 2.16. The van der Waals surface area contributed by atoms with Crippen LogP contribution >= 0.6 is 0 Å². The Labute approximate surface area is 324 Å². The number of carbonyl (C=O) groups is 5. The molecule has 1 aromatic rings. The molecule has 5 atom stereocenters. The molecule has 1 saturated heterocycles. The van der Waals surface area contributed by atoms with Gasteiger partial charge in [-0.25, -0.2) is 18.0 Å². The summed E-state index contributed by atoms with van der Waals surface area (Å²) in [7, 11) is -3.85. The monoisotopic (exact) mass is 786 g/mol. The number of rotatable bonds is 7. The molecule has 5 aliphatic rings. The molecule has 304 valence electrons. The van der Waals surface area contributed by atoms with Crippen LogP contribution < -0.4 is 14.8 Å². The van der Waals surface area contributed by atoms with Crippen LogP contribution in [0.3, 0.4) is 0 Å². The van der Waals surface area contributed by atoms with E-state index in [0.29, 0.717) is 38.8 Å². The van der Waals surface area contributed by atoms with Crippen molar-refractivity contribution >= 4 is 39.8 Å². The number of sulfonamides is 1. The highest BCUT2D eigenvalue weighted by Crippen LogP contribution is 2.58. The van der Waals surface area contributed by atoms with Gasteiger partial charge in [-0.15, -0.1) is 0 Å². The summed E-state index contributed by atoms with van der Waals surface area (Å²) in [5.74, 6) is -1.15. The van der Waals surface area contributed by atoms with Gasteiger partial charge in [0, 0.05) is 24.9 Å². The molecule has 0 spiro atoms. The number of nitrogens with one attached hydrogen (secondary N) is 2. The van der Waals surface area contributed by atoms with Crippen molar-refractivity contribution in [1.82, 2.24) is 19.8 Å². The van der Waals surface area contributed by atoms with Crippen molar-refractivity contribution in [3.05, 3.63) is 29.3 Å². The molecule has 3 heterocycles. The number of fused-ring (bicyclic) bond motifs is 3. The summed E-state index contributed by atoms with van der Waals surface area (Å²) in [4.78, 5) is 72.5. The van der Waals surface area contributed by atoms with Crippen LogP contribution in [-0.4, -0.2) is 91.2 Å². The van der Waals surface area contributed by atoms with E-state index in [4.69, 9.17) is 14.2 Å². The van der Waals surface area contributed by atoms with Crippen molar-refractivity contribution < 1.29 is 46.6 Å². The first-order valence-corrected chi connectivity index (χ1v) is 21.4. The summed E-state index contributed by atoms with van der Waals surface area (Å²) < 4.78 is 45.6. The first-order chi connectivity index (χ1) is 25.8. The van der Waals surface area contributed by atoms with Gasteiger partial charge >= 0.3 is 12.2 Å². The van der Waals surface area contributed by atoms with Gasteiger partial charge in [0.05, 0.1) is 43.0 Å². The molecule has 3 fully saturated rings. The number of carbonyl (C=O) groups excluding carboxylic acids is 5. The van der Waals surface area contributed by atoms with Crippen LogP contribution in [0.15, 0.2) is 18.2 Å². The molecule has 0 aromatic heterocycles. The van der Waals surface area contributed by atoms with Crippen molar-refractivity contribution in [2.24, 2.45) is 22.2 Å². The summed E-state index contributed by atoms with van der Waals surface area (Å²) in [5.41, 5.74) is -0.481. The predicted molar refractivity (Wildman–Crippen MR) is 202 cm³/mol. The molecule has 4 bridgehead atoms. The van der Waals surface area contributed by atoms with Crippen molar-refractivity contribution in [3.63, 3.8) is 0 Å². The summed E-state index contributed by atoms with van der Waals surface area (Å²) in [6.45, 7) is 12.5. The molecule has 1 aromatic carbocycles. The second-order valence-electron chi connectivity index (χ2n) is 18.1. The van der Waals surface area contributed by atoms with E-state index >= 15 is 0 Å². The minimum absolute atomic E-state index is 0.0180. The van der Waals surface area contributed by atoms with Gasteiger partial charge in [-0.1, -0.05) is 72.9 Å². The van der Waals surface area contributed by atoms with Gasteiger partial charge in [0.25, 0.3) is 0 Å². The number of alkyl carbamates (subject to hydrolysis) is 1. The van der Waals surface area contributed by atoms with Crippen LogP contribution in [0.1, 0.15) is 117 Å². The predicted octanol–water partition coefficient (Wildman–Crippen LogP) is 5.21. The van der Waals surface area contributed by atoms with E-state index in [2.05, 4.69) is 10.0 Å². The van der Waals surface area contributed by atoms with Crippen LogP contribution in [0.2, 0.25) is 0 Å². The fourth-order valence-electron chi connectivity index (χ4n) is 8.29. The second kappa shape index (κ2) is 15.6. The van der Waals surface area contributed by atoms with Crippen LogP contribution in [0, 0.1) is 22.2 Å². The zero-order valence-corrected chi connectivity index (χ0v) is 33.9. The van der Waals surface area contributed by atoms with Gasteiger partial charge < -0.3 is 24.4 Å². The number of cyclic esters (lactones) is 1. The fourth-order valence-corrected chi connectivity index (χ4v) is 9.67. The van der Waals surface area contributed by atoms with Gasteiger partial charge in [0.15, 0.2) is 5.78 Å². The SMILES string of the molecule is CC[C@H]1C[C@@]1(CC(=O)C1C[C@@H]2CN1C(=O)[C@H](C(C)(C)C)NC(=O)OCC(C)(C)CCCCCOc1cccc3c1CN(C3)C(=O)O2)C(=O)NS(=O)(=O)C1CC1. The molecule has 2 saturated carbocycles. The summed E-state index contributed by atoms with van der Waals surface area (Å²) in [6, 6.07) is 3.56. The summed E-state index contributed by atoms with van der Waals surface area (Å²) in [6.07, 6.45) is 2.84. The molecule has 4 amide bonds. The maximum atomic E-state index is 14.6. The van der Waals surface area contributed by atoms with Crippen molar-refractivity contribution in [2.45, 2.75) is 142 Å². The quantitative estimate of drug-likeness (QED) is 0.373. The van der Waals surface area contributed by atoms with Gasteiger partial charge in [-0.05, 0) is 60.5 Å². The number of hydrogen-bond acceptors (Lipinski definition) is 10. The second-order valence-corrected chi connectivity index (χ2v) is 20.1. The molecule has 2 N–H and O–H groups in total. The highest BCUT2D eigenvalue weighted by atomic mass is 32.2. The summed E-state index contributed by atoms with van der Waals surface area (Å²) >= 11 is 0. The molecule has 0 radical (unpaired) electrons. The van der Waals surface area contributed by atoms with E-state index < -0.39 is 74.1 Å². The van der Waals surface area contributed by atoms with E-state index in [1.54, 1.807) is 25.7 Å². The fraction of sp³-hybridized carbons (Fsp3) is 0.725. The molecule has 3 aliphatic heterocycles. The van der Waals surface area contributed by atoms with Crippen molar-refractivity contribution in [2.75, 3.05) is 19.8 Å². The Bertz CT molecular complexity index is 1790. The average molecular weight is 787 g/mol. The molecule has 14 nitrogen and oxygen atoms in total. The normalized spacial score (nSPS) is 29.2. The Hall–Kier alpha value is -3.88. The number of hydrogen-bond donors (Lipinski definition) is 2. The van der Waals surface area contributed by atoms with Gasteiger partial charge in [0.2, 0.25) is 21.8 Å². The molecule has 15 heteroatoms. The third-order valence-electron chi connectivity index (χ3n) is 12.0. The Morgan fingerprint density at radius 1 is 1.04 bits per heavy atom. The zero-order valence-electron chi connectivity index (χ0n) is 33.1. The van der Waals surface area contributed by atoms with E-state index in [-0.39, 0.29) is 43.9 Å².